The van der Waals surface area contributed by atoms with E-state index < -0.39 is 30.2 Å². The highest BCUT2D eigenvalue weighted by molar-refractivity contribution is 6.25. The number of nitrogens with one attached hydrogen (secondary N) is 2. The summed E-state index contributed by atoms with van der Waals surface area (Å²) in [5, 5.41) is 13.9. The molecule has 0 aromatic heterocycles. The van der Waals surface area contributed by atoms with Crippen LogP contribution in [0.5, 0.6) is 0 Å². The highest BCUT2D eigenvalue weighted by atomic mass is 16.4. The van der Waals surface area contributed by atoms with Gasteiger partial charge >= 0.3 is 5.97 Å². The van der Waals surface area contributed by atoms with Crippen molar-refractivity contribution >= 4 is 29.3 Å². The smallest absolute Gasteiger partial charge is 0.326 e. The molecule has 26 heavy (non-hydrogen) atoms. The van der Waals surface area contributed by atoms with Gasteiger partial charge in [0.15, 0.2) is 5.78 Å². The van der Waals surface area contributed by atoms with E-state index in [0.29, 0.717) is 16.8 Å². The number of benzene rings is 2. The number of rotatable bonds is 5. The lowest BCUT2D eigenvalue weighted by atomic mass is 10.0. The van der Waals surface area contributed by atoms with Crippen LogP contribution in [-0.2, 0) is 14.4 Å². The maximum absolute atomic E-state index is 12.7. The summed E-state index contributed by atoms with van der Waals surface area (Å²) in [6.07, 6.45) is -0.445. The monoisotopic (exact) mass is 352 g/mol. The zero-order chi connectivity index (χ0) is 18.8. The lowest BCUT2D eigenvalue weighted by molar-refractivity contribution is -0.142. The zero-order valence-electron chi connectivity index (χ0n) is 13.9. The SMILES string of the molecule is CC(=O)NC(CC(=O)Nc1cccc2c1C(=O)c1ccccc1-2)C(=O)O. The average Bonchev–Trinajstić information content (AvgIpc) is 2.88. The van der Waals surface area contributed by atoms with Crippen LogP contribution in [0.4, 0.5) is 5.69 Å². The van der Waals surface area contributed by atoms with Gasteiger partial charge in [0.2, 0.25) is 11.8 Å². The van der Waals surface area contributed by atoms with Gasteiger partial charge in [-0.1, -0.05) is 36.4 Å². The third-order valence-corrected chi connectivity index (χ3v) is 4.09. The Morgan fingerprint density at radius 3 is 2.31 bits per heavy atom. The Kier molecular flexibility index (Phi) is 4.53. The third kappa shape index (κ3) is 3.19. The highest BCUT2D eigenvalue weighted by Gasteiger charge is 2.30. The minimum absolute atomic E-state index is 0.192. The van der Waals surface area contributed by atoms with Crippen molar-refractivity contribution in [2.24, 2.45) is 0 Å². The molecule has 2 aromatic rings. The number of carbonyl (C=O) groups excluding carboxylic acids is 3. The second-order valence-corrected chi connectivity index (χ2v) is 5.95. The van der Waals surface area contributed by atoms with Crippen molar-refractivity contribution in [3.63, 3.8) is 0 Å². The fourth-order valence-corrected chi connectivity index (χ4v) is 3.01. The summed E-state index contributed by atoms with van der Waals surface area (Å²) in [5.74, 6) is -2.65. The van der Waals surface area contributed by atoms with E-state index >= 15 is 0 Å². The standard InChI is InChI=1S/C19H16N2O5/c1-10(22)20-15(19(25)26)9-16(23)21-14-8-4-7-12-11-5-2-3-6-13(11)18(24)17(12)14/h2-8,15H,9H2,1H3,(H,20,22)(H,21,23)(H,25,26). The molecule has 7 heteroatoms. The fourth-order valence-electron chi connectivity index (χ4n) is 3.01. The number of hydrogen-bond acceptors (Lipinski definition) is 4. The number of amides is 2. The molecule has 2 aromatic carbocycles. The summed E-state index contributed by atoms with van der Waals surface area (Å²) >= 11 is 0. The van der Waals surface area contributed by atoms with E-state index in [1.165, 1.54) is 6.92 Å². The molecule has 0 fully saturated rings. The van der Waals surface area contributed by atoms with Gasteiger partial charge in [0.25, 0.3) is 0 Å². The third-order valence-electron chi connectivity index (χ3n) is 4.09. The van der Waals surface area contributed by atoms with E-state index in [-0.39, 0.29) is 5.78 Å². The Morgan fingerprint density at radius 2 is 1.65 bits per heavy atom. The number of ketones is 1. The van der Waals surface area contributed by atoms with Crippen molar-refractivity contribution in [2.45, 2.75) is 19.4 Å². The van der Waals surface area contributed by atoms with Crippen molar-refractivity contribution in [1.82, 2.24) is 5.32 Å². The molecule has 0 spiro atoms. The van der Waals surface area contributed by atoms with Crippen LogP contribution in [0.1, 0.15) is 29.3 Å². The van der Waals surface area contributed by atoms with Gasteiger partial charge in [0, 0.05) is 12.5 Å². The summed E-state index contributed by atoms with van der Waals surface area (Å²) in [6.45, 7) is 1.17. The molecule has 0 saturated heterocycles. The quantitative estimate of drug-likeness (QED) is 0.648. The van der Waals surface area contributed by atoms with E-state index in [1.807, 2.05) is 12.1 Å². The largest absolute Gasteiger partial charge is 0.480 e. The lowest BCUT2D eigenvalue weighted by Gasteiger charge is -2.14. The van der Waals surface area contributed by atoms with Gasteiger partial charge in [0.05, 0.1) is 17.7 Å². The number of aliphatic carboxylic acids is 1. The first-order valence-electron chi connectivity index (χ1n) is 7.95. The molecule has 7 nitrogen and oxygen atoms in total. The van der Waals surface area contributed by atoms with Crippen LogP contribution in [-0.4, -0.2) is 34.7 Å². The number of carboxylic acids is 1. The molecule has 0 bridgehead atoms. The van der Waals surface area contributed by atoms with Crippen molar-refractivity contribution in [3.05, 3.63) is 53.6 Å². The molecule has 0 saturated carbocycles. The Balaban J connectivity index is 1.84. The summed E-state index contributed by atoms with van der Waals surface area (Å²) in [6, 6.07) is 10.9. The topological polar surface area (TPSA) is 113 Å². The number of fused-ring (bicyclic) bond motifs is 3. The molecule has 1 aliphatic rings. The molecule has 2 amide bonds. The van der Waals surface area contributed by atoms with Gasteiger partial charge < -0.3 is 15.7 Å². The van der Waals surface area contributed by atoms with E-state index in [1.54, 1.807) is 30.3 Å². The minimum atomic E-state index is -1.34. The fraction of sp³-hybridized carbons (Fsp3) is 0.158. The molecule has 1 unspecified atom stereocenters. The predicted octanol–water partition coefficient (Wildman–Crippen LogP) is 1.82. The molecule has 3 rings (SSSR count). The number of anilines is 1. The Hall–Kier alpha value is -3.48. The van der Waals surface area contributed by atoms with Gasteiger partial charge in [-0.3, -0.25) is 14.4 Å². The van der Waals surface area contributed by atoms with Gasteiger partial charge in [-0.25, -0.2) is 4.79 Å². The number of hydrogen-bond donors (Lipinski definition) is 3. The molecule has 3 N–H and O–H groups in total. The Labute approximate surface area is 149 Å². The van der Waals surface area contributed by atoms with Crippen LogP contribution in [0.2, 0.25) is 0 Å². The number of carbonyl (C=O) groups is 4. The Morgan fingerprint density at radius 1 is 1.00 bits per heavy atom. The van der Waals surface area contributed by atoms with Crippen LogP contribution in [0.3, 0.4) is 0 Å². The molecule has 1 atom stereocenters. The van der Waals surface area contributed by atoms with Crippen molar-refractivity contribution in [1.29, 1.82) is 0 Å². The second-order valence-electron chi connectivity index (χ2n) is 5.95. The maximum Gasteiger partial charge on any atom is 0.326 e. The molecule has 0 heterocycles. The molecular weight excluding hydrogens is 336 g/mol. The van der Waals surface area contributed by atoms with Crippen LogP contribution < -0.4 is 10.6 Å². The number of carboxylic acid groups (broad SMARTS) is 1. The van der Waals surface area contributed by atoms with Crippen LogP contribution in [0.25, 0.3) is 11.1 Å². The zero-order valence-corrected chi connectivity index (χ0v) is 13.9. The molecule has 0 radical (unpaired) electrons. The molecular formula is C19H16N2O5. The summed E-state index contributed by atoms with van der Waals surface area (Å²) < 4.78 is 0. The van der Waals surface area contributed by atoms with Crippen LogP contribution in [0, 0.1) is 0 Å². The van der Waals surface area contributed by atoms with E-state index in [0.717, 1.165) is 11.1 Å². The minimum Gasteiger partial charge on any atom is -0.480 e. The first-order chi connectivity index (χ1) is 12.4. The maximum atomic E-state index is 12.7. The first kappa shape index (κ1) is 17.3. The molecule has 132 valence electrons. The van der Waals surface area contributed by atoms with Gasteiger partial charge in [0.1, 0.15) is 6.04 Å². The van der Waals surface area contributed by atoms with E-state index in [4.69, 9.17) is 5.11 Å². The van der Waals surface area contributed by atoms with Crippen molar-refractivity contribution < 1.29 is 24.3 Å². The molecule has 0 aliphatic heterocycles. The van der Waals surface area contributed by atoms with Crippen molar-refractivity contribution in [2.75, 3.05) is 5.32 Å². The van der Waals surface area contributed by atoms with Gasteiger partial charge in [-0.15, -0.1) is 0 Å². The van der Waals surface area contributed by atoms with Gasteiger partial charge in [-0.05, 0) is 17.2 Å². The van der Waals surface area contributed by atoms with Crippen LogP contribution in [0.15, 0.2) is 42.5 Å². The average molecular weight is 352 g/mol. The van der Waals surface area contributed by atoms with Crippen LogP contribution >= 0.6 is 0 Å². The second kappa shape index (κ2) is 6.79. The van der Waals surface area contributed by atoms with Crippen molar-refractivity contribution in [3.8, 4) is 11.1 Å². The van der Waals surface area contributed by atoms with E-state index in [9.17, 15) is 19.2 Å². The van der Waals surface area contributed by atoms with Gasteiger partial charge in [-0.2, -0.15) is 0 Å². The first-order valence-corrected chi connectivity index (χ1v) is 7.95. The Bertz CT molecular complexity index is 935. The summed E-state index contributed by atoms with van der Waals surface area (Å²) in [4.78, 5) is 47.1. The predicted molar refractivity (Wildman–Crippen MR) is 93.8 cm³/mol. The molecule has 1 aliphatic carbocycles. The van der Waals surface area contributed by atoms with E-state index in [2.05, 4.69) is 10.6 Å². The summed E-state index contributed by atoms with van der Waals surface area (Å²) in [7, 11) is 0. The lowest BCUT2D eigenvalue weighted by Crippen LogP contribution is -2.42. The normalized spacial score (nSPS) is 12.7. The highest BCUT2D eigenvalue weighted by Crippen LogP contribution is 2.39. The summed E-state index contributed by atoms with van der Waals surface area (Å²) in [5.41, 5.74) is 2.78.